The lowest BCUT2D eigenvalue weighted by Gasteiger charge is -2.31. The number of ether oxygens (including phenoxy) is 2. The highest BCUT2D eigenvalue weighted by molar-refractivity contribution is 5.67. The summed E-state index contributed by atoms with van der Waals surface area (Å²) in [6.45, 7) is 8.22. The van der Waals surface area contributed by atoms with Crippen molar-refractivity contribution in [1.82, 2.24) is 10.2 Å². The molecule has 5 heteroatoms. The van der Waals surface area contributed by atoms with Crippen molar-refractivity contribution in [3.8, 4) is 5.75 Å². The van der Waals surface area contributed by atoms with Crippen molar-refractivity contribution >= 4 is 6.09 Å². The minimum Gasteiger partial charge on any atom is -0.493 e. The maximum atomic E-state index is 12.0. The zero-order valence-electron chi connectivity index (χ0n) is 16.1. The van der Waals surface area contributed by atoms with Gasteiger partial charge in [0.2, 0.25) is 0 Å². The van der Waals surface area contributed by atoms with Crippen molar-refractivity contribution in [3.05, 3.63) is 29.8 Å². The van der Waals surface area contributed by atoms with Crippen molar-refractivity contribution in [2.24, 2.45) is 5.92 Å². The fourth-order valence-corrected chi connectivity index (χ4v) is 3.79. The normalized spacial score (nSPS) is 19.6. The number of rotatable bonds is 5. The topological polar surface area (TPSA) is 50.8 Å². The second-order valence-electron chi connectivity index (χ2n) is 7.77. The first-order valence-electron chi connectivity index (χ1n) is 10.0. The number of piperidine rings is 2. The van der Waals surface area contributed by atoms with Gasteiger partial charge < -0.3 is 19.7 Å². The van der Waals surface area contributed by atoms with E-state index in [-0.39, 0.29) is 12.2 Å². The lowest BCUT2D eigenvalue weighted by atomic mass is 9.90. The summed E-state index contributed by atoms with van der Waals surface area (Å²) in [5, 5.41) is 3.42. The molecule has 2 saturated heterocycles. The number of hydrogen-bond donors (Lipinski definition) is 1. The van der Waals surface area contributed by atoms with Gasteiger partial charge in [0.15, 0.2) is 0 Å². The molecule has 144 valence electrons. The van der Waals surface area contributed by atoms with Crippen LogP contribution in [0.2, 0.25) is 0 Å². The average molecular weight is 360 g/mol. The SMILES string of the molecule is CC(C)OC(=O)N1CCC(COc2cccc(C3CCNCC3)c2)CC1. The van der Waals surface area contributed by atoms with Gasteiger partial charge in [-0.3, -0.25) is 0 Å². The van der Waals surface area contributed by atoms with Gasteiger partial charge in [-0.05, 0) is 82.2 Å². The fourth-order valence-electron chi connectivity index (χ4n) is 3.79. The van der Waals surface area contributed by atoms with E-state index >= 15 is 0 Å². The lowest BCUT2D eigenvalue weighted by molar-refractivity contribution is 0.0608. The Labute approximate surface area is 157 Å². The summed E-state index contributed by atoms with van der Waals surface area (Å²) in [7, 11) is 0. The van der Waals surface area contributed by atoms with Gasteiger partial charge in [-0.25, -0.2) is 4.79 Å². The summed E-state index contributed by atoms with van der Waals surface area (Å²) in [5.74, 6) is 2.12. The predicted molar refractivity (Wildman–Crippen MR) is 103 cm³/mol. The maximum Gasteiger partial charge on any atom is 0.410 e. The van der Waals surface area contributed by atoms with Crippen LogP contribution in [0.15, 0.2) is 24.3 Å². The molecule has 1 N–H and O–H groups in total. The molecule has 0 aromatic heterocycles. The second-order valence-corrected chi connectivity index (χ2v) is 7.77. The molecule has 3 rings (SSSR count). The molecule has 2 heterocycles. The Morgan fingerprint density at radius 2 is 1.92 bits per heavy atom. The smallest absolute Gasteiger partial charge is 0.410 e. The molecule has 2 aliphatic rings. The third-order valence-corrected chi connectivity index (χ3v) is 5.36. The molecule has 26 heavy (non-hydrogen) atoms. The zero-order chi connectivity index (χ0) is 18.4. The first-order chi connectivity index (χ1) is 12.6. The molecule has 0 unspecified atom stereocenters. The molecule has 1 aromatic carbocycles. The summed E-state index contributed by atoms with van der Waals surface area (Å²) in [6.07, 6.45) is 4.11. The highest BCUT2D eigenvalue weighted by atomic mass is 16.6. The molecule has 5 nitrogen and oxygen atoms in total. The molecule has 2 fully saturated rings. The van der Waals surface area contributed by atoms with E-state index in [1.54, 1.807) is 0 Å². The summed E-state index contributed by atoms with van der Waals surface area (Å²) >= 11 is 0. The van der Waals surface area contributed by atoms with Gasteiger partial charge in [0.05, 0.1) is 12.7 Å². The van der Waals surface area contributed by atoms with E-state index in [0.717, 1.165) is 51.4 Å². The molecule has 0 saturated carbocycles. The Hall–Kier alpha value is -1.75. The van der Waals surface area contributed by atoms with Crippen molar-refractivity contribution in [3.63, 3.8) is 0 Å². The van der Waals surface area contributed by atoms with Crippen LogP contribution >= 0.6 is 0 Å². The van der Waals surface area contributed by atoms with E-state index in [1.807, 2.05) is 18.7 Å². The number of carbonyl (C=O) groups excluding carboxylic acids is 1. The van der Waals surface area contributed by atoms with Gasteiger partial charge in [-0.1, -0.05) is 12.1 Å². The minimum absolute atomic E-state index is 0.0595. The van der Waals surface area contributed by atoms with E-state index in [1.165, 1.54) is 18.4 Å². The van der Waals surface area contributed by atoms with Crippen molar-refractivity contribution in [1.29, 1.82) is 0 Å². The minimum atomic E-state index is -0.186. The molecule has 0 bridgehead atoms. The standard InChI is InChI=1S/C21H32N2O3/c1-16(2)26-21(24)23-12-8-17(9-13-23)15-25-20-5-3-4-19(14-20)18-6-10-22-11-7-18/h3-5,14,16-18,22H,6-13,15H2,1-2H3. The van der Waals surface area contributed by atoms with E-state index in [2.05, 4.69) is 29.6 Å². The van der Waals surface area contributed by atoms with Crippen molar-refractivity contribution in [2.45, 2.75) is 51.6 Å². The fraction of sp³-hybridized carbons (Fsp3) is 0.667. The molecule has 2 aliphatic heterocycles. The largest absolute Gasteiger partial charge is 0.493 e. The number of amides is 1. The summed E-state index contributed by atoms with van der Waals surface area (Å²) in [5.41, 5.74) is 1.40. The monoisotopic (exact) mass is 360 g/mol. The molecule has 0 atom stereocenters. The van der Waals surface area contributed by atoms with Gasteiger partial charge >= 0.3 is 6.09 Å². The van der Waals surface area contributed by atoms with Crippen LogP contribution in [0.3, 0.4) is 0 Å². The summed E-state index contributed by atoms with van der Waals surface area (Å²) in [4.78, 5) is 13.8. The maximum absolute atomic E-state index is 12.0. The third kappa shape index (κ3) is 5.37. The van der Waals surface area contributed by atoms with Crippen LogP contribution in [-0.4, -0.2) is 49.9 Å². The Kier molecular flexibility index (Phi) is 6.78. The average Bonchev–Trinajstić information content (AvgIpc) is 2.67. The van der Waals surface area contributed by atoms with Gasteiger partial charge in [-0.2, -0.15) is 0 Å². The lowest BCUT2D eigenvalue weighted by Crippen LogP contribution is -2.40. The number of hydrogen-bond acceptors (Lipinski definition) is 4. The van der Waals surface area contributed by atoms with Gasteiger partial charge in [0.25, 0.3) is 0 Å². The zero-order valence-corrected chi connectivity index (χ0v) is 16.1. The van der Waals surface area contributed by atoms with Crippen molar-refractivity contribution in [2.75, 3.05) is 32.8 Å². The Bertz CT molecular complexity index is 576. The molecular weight excluding hydrogens is 328 g/mol. The van der Waals surface area contributed by atoms with Crippen LogP contribution in [0.1, 0.15) is 51.0 Å². The Balaban J connectivity index is 1.44. The molecular formula is C21H32N2O3. The molecule has 0 radical (unpaired) electrons. The number of benzene rings is 1. The highest BCUT2D eigenvalue weighted by Gasteiger charge is 2.24. The first-order valence-corrected chi connectivity index (χ1v) is 10.0. The second kappa shape index (κ2) is 9.26. The van der Waals surface area contributed by atoms with Crippen LogP contribution < -0.4 is 10.1 Å². The van der Waals surface area contributed by atoms with Crippen LogP contribution in [-0.2, 0) is 4.74 Å². The van der Waals surface area contributed by atoms with Crippen LogP contribution in [0, 0.1) is 5.92 Å². The van der Waals surface area contributed by atoms with Crippen LogP contribution in [0.25, 0.3) is 0 Å². The van der Waals surface area contributed by atoms with Crippen LogP contribution in [0.4, 0.5) is 4.79 Å². The van der Waals surface area contributed by atoms with Gasteiger partial charge in [-0.15, -0.1) is 0 Å². The van der Waals surface area contributed by atoms with E-state index in [9.17, 15) is 4.79 Å². The molecule has 1 aromatic rings. The van der Waals surface area contributed by atoms with E-state index < -0.39 is 0 Å². The molecule has 0 aliphatic carbocycles. The number of carbonyl (C=O) groups is 1. The predicted octanol–water partition coefficient (Wildman–Crippen LogP) is 3.79. The Morgan fingerprint density at radius 3 is 2.62 bits per heavy atom. The number of likely N-dealkylation sites (tertiary alicyclic amines) is 1. The first kappa shape index (κ1) is 19.0. The Morgan fingerprint density at radius 1 is 1.19 bits per heavy atom. The summed E-state index contributed by atoms with van der Waals surface area (Å²) < 4.78 is 11.4. The number of nitrogens with one attached hydrogen (secondary N) is 1. The third-order valence-electron chi connectivity index (χ3n) is 5.36. The van der Waals surface area contributed by atoms with E-state index in [0.29, 0.717) is 11.8 Å². The van der Waals surface area contributed by atoms with Gasteiger partial charge in [0, 0.05) is 13.1 Å². The molecule has 1 amide bonds. The quantitative estimate of drug-likeness (QED) is 0.868. The highest BCUT2D eigenvalue weighted by Crippen LogP contribution is 2.28. The number of nitrogens with zero attached hydrogens (tertiary/aromatic N) is 1. The summed E-state index contributed by atoms with van der Waals surface area (Å²) in [6, 6.07) is 8.60. The van der Waals surface area contributed by atoms with Crippen LogP contribution in [0.5, 0.6) is 5.75 Å². The van der Waals surface area contributed by atoms with Crippen molar-refractivity contribution < 1.29 is 14.3 Å². The van der Waals surface area contributed by atoms with E-state index in [4.69, 9.17) is 9.47 Å². The molecule has 0 spiro atoms. The van der Waals surface area contributed by atoms with Gasteiger partial charge in [0.1, 0.15) is 5.75 Å².